The molecule has 0 aliphatic carbocycles. The Bertz CT molecular complexity index is 412. The minimum atomic E-state index is -3.21. The van der Waals surface area contributed by atoms with Crippen LogP contribution in [0.4, 0.5) is 0 Å². The van der Waals surface area contributed by atoms with Gasteiger partial charge < -0.3 is 4.42 Å². The highest BCUT2D eigenvalue weighted by Gasteiger charge is 2.24. The maximum Gasteiger partial charge on any atom is 0.234 e. The summed E-state index contributed by atoms with van der Waals surface area (Å²) in [4.78, 5) is 0. The second-order valence-corrected chi connectivity index (χ2v) is 6.09. The molecule has 1 rings (SSSR count). The van der Waals surface area contributed by atoms with Crippen LogP contribution in [0.3, 0.4) is 0 Å². The second-order valence-electron chi connectivity index (χ2n) is 3.07. The fraction of sp³-hybridized carbons (Fsp3) is 0.714. The maximum absolute atomic E-state index is 11.2. The number of aromatic nitrogens is 2. The number of hydrogen-bond donors (Lipinski definition) is 0. The van der Waals surface area contributed by atoms with Crippen molar-refractivity contribution in [1.29, 1.82) is 0 Å². The average Bonchev–Trinajstić information content (AvgIpc) is 2.48. The zero-order valence-corrected chi connectivity index (χ0v) is 9.63. The summed E-state index contributed by atoms with van der Waals surface area (Å²) in [6, 6.07) is 0. The van der Waals surface area contributed by atoms with Gasteiger partial charge in [-0.2, -0.15) is 0 Å². The van der Waals surface area contributed by atoms with Crippen molar-refractivity contribution in [3.8, 4) is 0 Å². The van der Waals surface area contributed by atoms with Gasteiger partial charge in [-0.15, -0.1) is 21.8 Å². The van der Waals surface area contributed by atoms with Crippen LogP contribution in [0.5, 0.6) is 0 Å². The summed E-state index contributed by atoms with van der Waals surface area (Å²) in [6.45, 7) is 3.16. The number of alkyl halides is 1. The van der Waals surface area contributed by atoms with E-state index < -0.39 is 20.5 Å². The summed E-state index contributed by atoms with van der Waals surface area (Å²) in [5.74, 6) is 0.312. The highest BCUT2D eigenvalue weighted by Crippen LogP contribution is 2.23. The van der Waals surface area contributed by atoms with Crippen LogP contribution in [-0.2, 0) is 9.84 Å². The minimum Gasteiger partial charge on any atom is -0.422 e. The van der Waals surface area contributed by atoms with Crippen LogP contribution in [0.2, 0.25) is 0 Å². The normalized spacial score (nSPS) is 16.6. The lowest BCUT2D eigenvalue weighted by molar-refractivity contribution is 0.446. The molecule has 1 aromatic rings. The van der Waals surface area contributed by atoms with E-state index in [1.54, 1.807) is 6.92 Å². The number of hydrogen-bond acceptors (Lipinski definition) is 5. The number of nitrogens with zero attached hydrogens (tertiary/aromatic N) is 2. The van der Waals surface area contributed by atoms with Crippen LogP contribution in [0.25, 0.3) is 0 Å². The third kappa shape index (κ3) is 2.45. The molecule has 0 saturated carbocycles. The molecule has 0 spiro atoms. The molecule has 0 aromatic carbocycles. The van der Waals surface area contributed by atoms with Gasteiger partial charge in [-0.25, -0.2) is 8.42 Å². The highest BCUT2D eigenvalue weighted by atomic mass is 35.5. The van der Waals surface area contributed by atoms with Crippen molar-refractivity contribution in [3.63, 3.8) is 0 Å². The molecule has 0 radical (unpaired) electrons. The third-order valence-corrected chi connectivity index (χ3v) is 3.46. The van der Waals surface area contributed by atoms with E-state index in [2.05, 4.69) is 10.2 Å². The van der Waals surface area contributed by atoms with Gasteiger partial charge in [-0.3, -0.25) is 0 Å². The monoisotopic (exact) mass is 238 g/mol. The quantitative estimate of drug-likeness (QED) is 0.746. The molecule has 0 fully saturated rings. The highest BCUT2D eigenvalue weighted by molar-refractivity contribution is 7.90. The number of sulfone groups is 1. The molecule has 0 N–H and O–H groups in total. The van der Waals surface area contributed by atoms with Gasteiger partial charge in [-0.05, 0) is 13.8 Å². The molecule has 0 aliphatic heterocycles. The summed E-state index contributed by atoms with van der Waals surface area (Å²) in [7, 11) is -3.21. The molecule has 80 valence electrons. The number of halogens is 1. The van der Waals surface area contributed by atoms with Crippen LogP contribution in [0.1, 0.15) is 36.3 Å². The van der Waals surface area contributed by atoms with Crippen molar-refractivity contribution in [2.45, 2.75) is 24.5 Å². The first-order valence-electron chi connectivity index (χ1n) is 3.98. The van der Waals surface area contributed by atoms with Crippen molar-refractivity contribution in [2.24, 2.45) is 0 Å². The van der Waals surface area contributed by atoms with E-state index in [-0.39, 0.29) is 11.8 Å². The van der Waals surface area contributed by atoms with E-state index in [0.29, 0.717) is 0 Å². The zero-order valence-electron chi connectivity index (χ0n) is 8.06. The molecule has 5 nitrogen and oxygen atoms in total. The Labute approximate surface area is 87.4 Å². The van der Waals surface area contributed by atoms with Gasteiger partial charge in [0, 0.05) is 6.26 Å². The van der Waals surface area contributed by atoms with Gasteiger partial charge >= 0.3 is 0 Å². The Balaban J connectivity index is 2.98. The van der Waals surface area contributed by atoms with Gasteiger partial charge in [0.25, 0.3) is 0 Å². The predicted molar refractivity (Wildman–Crippen MR) is 51.8 cm³/mol. The molecule has 0 saturated heterocycles. The van der Waals surface area contributed by atoms with Crippen molar-refractivity contribution < 1.29 is 12.8 Å². The van der Waals surface area contributed by atoms with Gasteiger partial charge in [0.15, 0.2) is 9.84 Å². The third-order valence-electron chi connectivity index (χ3n) is 1.79. The molecule has 7 heteroatoms. The first-order chi connectivity index (χ1) is 6.32. The topological polar surface area (TPSA) is 73.1 Å². The van der Waals surface area contributed by atoms with Crippen LogP contribution in [0.15, 0.2) is 4.42 Å². The molecule has 1 heterocycles. The lowest BCUT2D eigenvalue weighted by Gasteiger charge is -2.02. The Morgan fingerprint density at radius 2 is 1.79 bits per heavy atom. The summed E-state index contributed by atoms with van der Waals surface area (Å²) in [5, 5.41) is 6.05. The molecule has 2 atom stereocenters. The maximum atomic E-state index is 11.2. The molecular weight excluding hydrogens is 228 g/mol. The first-order valence-corrected chi connectivity index (χ1v) is 6.37. The molecule has 0 amide bonds. The Hall–Kier alpha value is -0.620. The van der Waals surface area contributed by atoms with Gasteiger partial charge in [0.05, 0.1) is 0 Å². The zero-order chi connectivity index (χ0) is 10.9. The number of rotatable bonds is 3. The summed E-state index contributed by atoms with van der Waals surface area (Å²) in [6.07, 6.45) is 1.12. The van der Waals surface area contributed by atoms with Crippen molar-refractivity contribution in [3.05, 3.63) is 11.8 Å². The largest absolute Gasteiger partial charge is 0.422 e. The van der Waals surface area contributed by atoms with E-state index in [0.717, 1.165) is 6.26 Å². The standard InChI is InChI=1S/C7H11ClN2O3S/c1-4(8)6-9-10-7(13-6)5(2)14(3,11)12/h4-5H,1-3H3. The molecule has 14 heavy (non-hydrogen) atoms. The molecule has 0 aliphatic rings. The van der Waals surface area contributed by atoms with E-state index in [9.17, 15) is 8.42 Å². The summed E-state index contributed by atoms with van der Waals surface area (Å²) < 4.78 is 27.4. The molecule has 2 unspecified atom stereocenters. The Morgan fingerprint density at radius 1 is 1.29 bits per heavy atom. The second kappa shape index (κ2) is 3.86. The SMILES string of the molecule is CC(Cl)c1nnc(C(C)S(C)(=O)=O)o1. The molecule has 0 bridgehead atoms. The van der Waals surface area contributed by atoms with Crippen LogP contribution in [-0.4, -0.2) is 24.9 Å². The van der Waals surface area contributed by atoms with E-state index in [1.807, 2.05) is 0 Å². The minimum absolute atomic E-state index is 0.0787. The van der Waals surface area contributed by atoms with Crippen LogP contribution >= 0.6 is 11.6 Å². The summed E-state index contributed by atoms with van der Waals surface area (Å²) in [5.41, 5.74) is 0. The van der Waals surface area contributed by atoms with E-state index in [4.69, 9.17) is 16.0 Å². The summed E-state index contributed by atoms with van der Waals surface area (Å²) >= 11 is 5.69. The van der Waals surface area contributed by atoms with Gasteiger partial charge in [-0.1, -0.05) is 0 Å². The fourth-order valence-corrected chi connectivity index (χ4v) is 1.30. The predicted octanol–water partition coefficient (Wildman–Crippen LogP) is 1.48. The van der Waals surface area contributed by atoms with Crippen LogP contribution < -0.4 is 0 Å². The average molecular weight is 239 g/mol. The Morgan fingerprint density at radius 3 is 2.14 bits per heavy atom. The lowest BCUT2D eigenvalue weighted by atomic mass is 10.5. The smallest absolute Gasteiger partial charge is 0.234 e. The molecular formula is C7H11ClN2O3S. The fourth-order valence-electron chi connectivity index (χ4n) is 0.755. The van der Waals surface area contributed by atoms with E-state index >= 15 is 0 Å². The van der Waals surface area contributed by atoms with E-state index in [1.165, 1.54) is 6.92 Å². The van der Waals surface area contributed by atoms with Crippen LogP contribution in [0, 0.1) is 0 Å². The first kappa shape index (κ1) is 11.5. The Kier molecular flexibility index (Phi) is 3.16. The lowest BCUT2D eigenvalue weighted by Crippen LogP contribution is -2.07. The van der Waals surface area contributed by atoms with Crippen molar-refractivity contribution in [1.82, 2.24) is 10.2 Å². The van der Waals surface area contributed by atoms with Gasteiger partial charge in [0.1, 0.15) is 10.6 Å². The van der Waals surface area contributed by atoms with Gasteiger partial charge in [0.2, 0.25) is 11.8 Å². The molecule has 1 aromatic heterocycles. The van der Waals surface area contributed by atoms with Crippen molar-refractivity contribution >= 4 is 21.4 Å². The van der Waals surface area contributed by atoms with Crippen molar-refractivity contribution in [2.75, 3.05) is 6.26 Å².